The van der Waals surface area contributed by atoms with Crippen LogP contribution in [0, 0.1) is 5.82 Å². The first-order valence-electron chi connectivity index (χ1n) is 5.63. The van der Waals surface area contributed by atoms with E-state index in [1.807, 2.05) is 0 Å². The maximum absolute atomic E-state index is 14.1. The fraction of sp³-hybridized carbons (Fsp3) is 0.167. The molecule has 2 aromatic rings. The molecule has 0 spiro atoms. The first-order valence-corrected chi connectivity index (χ1v) is 8.08. The molecule has 0 aliphatic rings. The van der Waals surface area contributed by atoms with Crippen LogP contribution in [0.2, 0.25) is 0 Å². The van der Waals surface area contributed by atoms with E-state index < -0.39 is 37.8 Å². The molecule has 0 saturated heterocycles. The van der Waals surface area contributed by atoms with Gasteiger partial charge in [-0.15, -0.1) is 0 Å². The maximum atomic E-state index is 14.1. The van der Waals surface area contributed by atoms with Crippen LogP contribution in [0.1, 0.15) is 15.9 Å². The summed E-state index contributed by atoms with van der Waals surface area (Å²) >= 11 is 2.99. The molecule has 0 amide bonds. The summed E-state index contributed by atoms with van der Waals surface area (Å²) in [6.45, 7) is 0. The lowest BCUT2D eigenvalue weighted by molar-refractivity contribution is 0.0691. The molecule has 112 valence electrons. The average molecular weight is 377 g/mol. The van der Waals surface area contributed by atoms with Gasteiger partial charge in [0.15, 0.2) is 15.7 Å². The van der Waals surface area contributed by atoms with Crippen LogP contribution in [0.15, 0.2) is 33.9 Å². The number of benzene rings is 1. The third-order valence-electron chi connectivity index (χ3n) is 2.68. The maximum Gasteiger partial charge on any atom is 0.338 e. The summed E-state index contributed by atoms with van der Waals surface area (Å²) in [4.78, 5) is 10.3. The molecular formula is C12H10BrFN2O4S. The minimum Gasteiger partial charge on any atom is -0.478 e. The van der Waals surface area contributed by atoms with Crippen LogP contribution in [-0.2, 0) is 22.6 Å². The third kappa shape index (κ3) is 3.30. The monoisotopic (exact) mass is 376 g/mol. The van der Waals surface area contributed by atoms with Crippen LogP contribution < -0.4 is 0 Å². The molecule has 0 fully saturated rings. The van der Waals surface area contributed by atoms with E-state index in [2.05, 4.69) is 21.0 Å². The summed E-state index contributed by atoms with van der Waals surface area (Å²) in [6, 6.07) is 2.06. The van der Waals surface area contributed by atoms with Crippen molar-refractivity contribution in [2.45, 2.75) is 10.6 Å². The van der Waals surface area contributed by atoms with Crippen LogP contribution in [0.25, 0.3) is 0 Å². The standard InChI is InChI=1S/C12H10BrFN2O4S/c1-16-5-7(4-15-16)6-21(19,20)10-3-8(13)2-9(11(10)14)12(17)18/h2-5H,6H2,1H3,(H,17,18). The molecule has 1 heterocycles. The molecule has 0 bridgehead atoms. The Balaban J connectivity index is 2.52. The van der Waals surface area contributed by atoms with Gasteiger partial charge < -0.3 is 5.11 Å². The number of aromatic nitrogens is 2. The van der Waals surface area contributed by atoms with E-state index in [0.29, 0.717) is 5.56 Å². The molecule has 2 rings (SSSR count). The van der Waals surface area contributed by atoms with Gasteiger partial charge >= 0.3 is 5.97 Å². The summed E-state index contributed by atoms with van der Waals surface area (Å²) in [5.74, 6) is -3.27. The van der Waals surface area contributed by atoms with Crippen molar-refractivity contribution in [1.82, 2.24) is 9.78 Å². The Morgan fingerprint density at radius 2 is 2.14 bits per heavy atom. The second-order valence-corrected chi connectivity index (χ2v) is 7.23. The van der Waals surface area contributed by atoms with E-state index >= 15 is 0 Å². The smallest absolute Gasteiger partial charge is 0.338 e. The normalized spacial score (nSPS) is 11.6. The topological polar surface area (TPSA) is 89.3 Å². The molecule has 0 saturated carbocycles. The van der Waals surface area contributed by atoms with Gasteiger partial charge in [0.1, 0.15) is 4.90 Å². The van der Waals surface area contributed by atoms with E-state index in [-0.39, 0.29) is 4.47 Å². The zero-order valence-corrected chi connectivity index (χ0v) is 13.1. The van der Waals surface area contributed by atoms with Crippen molar-refractivity contribution in [3.05, 3.63) is 45.9 Å². The fourth-order valence-electron chi connectivity index (χ4n) is 1.79. The Labute approximate surface area is 128 Å². The molecule has 6 nitrogen and oxygen atoms in total. The summed E-state index contributed by atoms with van der Waals surface area (Å²) in [5.41, 5.74) is -0.317. The minimum absolute atomic E-state index is 0.172. The number of hydrogen-bond donors (Lipinski definition) is 1. The van der Waals surface area contributed by atoms with Crippen LogP contribution in [0.4, 0.5) is 4.39 Å². The number of carboxylic acids is 1. The number of carbonyl (C=O) groups is 1. The predicted octanol–water partition coefficient (Wildman–Crippen LogP) is 1.99. The van der Waals surface area contributed by atoms with Crippen molar-refractivity contribution in [3.8, 4) is 0 Å². The molecule has 0 radical (unpaired) electrons. The zero-order chi connectivity index (χ0) is 15.8. The molecule has 9 heteroatoms. The average Bonchev–Trinajstić information content (AvgIpc) is 2.76. The number of hydrogen-bond acceptors (Lipinski definition) is 4. The van der Waals surface area contributed by atoms with Crippen LogP contribution >= 0.6 is 15.9 Å². The van der Waals surface area contributed by atoms with Crippen LogP contribution in [-0.4, -0.2) is 29.3 Å². The predicted molar refractivity (Wildman–Crippen MR) is 75.2 cm³/mol. The minimum atomic E-state index is -4.03. The fourth-order valence-corrected chi connectivity index (χ4v) is 3.83. The van der Waals surface area contributed by atoms with Crippen molar-refractivity contribution in [2.24, 2.45) is 7.05 Å². The third-order valence-corrected chi connectivity index (χ3v) is 4.82. The van der Waals surface area contributed by atoms with Gasteiger partial charge in [0, 0.05) is 23.3 Å². The van der Waals surface area contributed by atoms with Crippen molar-refractivity contribution >= 4 is 31.7 Å². The second-order valence-electron chi connectivity index (χ2n) is 4.35. The summed E-state index contributed by atoms with van der Waals surface area (Å²) in [5, 5.41) is 12.7. The van der Waals surface area contributed by atoms with Gasteiger partial charge in [-0.3, -0.25) is 4.68 Å². The number of carboxylic acid groups (broad SMARTS) is 1. The Kier molecular flexibility index (Phi) is 4.15. The number of rotatable bonds is 4. The van der Waals surface area contributed by atoms with Gasteiger partial charge in [-0.05, 0) is 12.1 Å². The van der Waals surface area contributed by atoms with Crippen molar-refractivity contribution < 1.29 is 22.7 Å². The molecule has 0 aliphatic carbocycles. The van der Waals surface area contributed by atoms with Crippen molar-refractivity contribution in [1.29, 1.82) is 0 Å². The van der Waals surface area contributed by atoms with E-state index in [1.54, 1.807) is 7.05 Å². The van der Waals surface area contributed by atoms with E-state index in [9.17, 15) is 17.6 Å². The number of aromatic carboxylic acids is 1. The number of nitrogens with zero attached hydrogens (tertiary/aromatic N) is 2. The van der Waals surface area contributed by atoms with Crippen LogP contribution in [0.3, 0.4) is 0 Å². The lowest BCUT2D eigenvalue weighted by Gasteiger charge is -2.08. The second kappa shape index (κ2) is 5.57. The van der Waals surface area contributed by atoms with Crippen molar-refractivity contribution in [2.75, 3.05) is 0 Å². The van der Waals surface area contributed by atoms with Gasteiger partial charge in [-0.1, -0.05) is 15.9 Å². The van der Waals surface area contributed by atoms with E-state index in [1.165, 1.54) is 17.1 Å². The lowest BCUT2D eigenvalue weighted by Crippen LogP contribution is -2.11. The first kappa shape index (κ1) is 15.6. The zero-order valence-electron chi connectivity index (χ0n) is 10.7. The molecule has 1 N–H and O–H groups in total. The van der Waals surface area contributed by atoms with E-state index in [4.69, 9.17) is 5.11 Å². The lowest BCUT2D eigenvalue weighted by atomic mass is 10.2. The van der Waals surface area contributed by atoms with E-state index in [0.717, 1.165) is 12.1 Å². The van der Waals surface area contributed by atoms with Gasteiger partial charge in [-0.2, -0.15) is 5.10 Å². The number of sulfone groups is 1. The summed E-state index contributed by atoms with van der Waals surface area (Å²) in [7, 11) is -2.41. The molecule has 0 unspecified atom stereocenters. The summed E-state index contributed by atoms with van der Waals surface area (Å²) < 4.78 is 40.2. The molecule has 21 heavy (non-hydrogen) atoms. The largest absolute Gasteiger partial charge is 0.478 e. The highest BCUT2D eigenvalue weighted by atomic mass is 79.9. The van der Waals surface area contributed by atoms with Crippen LogP contribution in [0.5, 0.6) is 0 Å². The highest BCUT2D eigenvalue weighted by molar-refractivity contribution is 9.10. The first-order chi connectivity index (χ1) is 9.70. The van der Waals surface area contributed by atoms with Gasteiger partial charge in [0.25, 0.3) is 0 Å². The number of aryl methyl sites for hydroxylation is 1. The molecule has 0 atom stereocenters. The van der Waals surface area contributed by atoms with Gasteiger partial charge in [0.2, 0.25) is 0 Å². The molecule has 1 aromatic carbocycles. The Bertz CT molecular complexity index is 817. The SMILES string of the molecule is Cn1cc(CS(=O)(=O)c2cc(Br)cc(C(=O)O)c2F)cn1. The Morgan fingerprint density at radius 3 is 2.67 bits per heavy atom. The molecular weight excluding hydrogens is 367 g/mol. The summed E-state index contributed by atoms with van der Waals surface area (Å²) in [6.07, 6.45) is 2.84. The van der Waals surface area contributed by atoms with Gasteiger partial charge in [0.05, 0.1) is 17.5 Å². The quantitative estimate of drug-likeness (QED) is 0.881. The molecule has 1 aromatic heterocycles. The molecule has 0 aliphatic heterocycles. The highest BCUT2D eigenvalue weighted by Gasteiger charge is 2.25. The Morgan fingerprint density at radius 1 is 1.48 bits per heavy atom. The van der Waals surface area contributed by atoms with Crippen molar-refractivity contribution in [3.63, 3.8) is 0 Å². The highest BCUT2D eigenvalue weighted by Crippen LogP contribution is 2.26. The number of halogens is 2. The van der Waals surface area contributed by atoms with Gasteiger partial charge in [-0.25, -0.2) is 17.6 Å². The Hall–Kier alpha value is -1.74.